The number of pyridine rings is 1. The lowest BCUT2D eigenvalue weighted by Gasteiger charge is -1.98. The van der Waals surface area contributed by atoms with Crippen LogP contribution in [0, 0.1) is 24.6 Å². The minimum absolute atomic E-state index is 0.128. The average Bonchev–Trinajstić information content (AvgIpc) is 2.58. The third kappa shape index (κ3) is 1.70. The first kappa shape index (κ1) is 9.70. The predicted octanol–water partition coefficient (Wildman–Crippen LogP) is 2.46. The van der Waals surface area contributed by atoms with E-state index in [2.05, 4.69) is 9.97 Å². The summed E-state index contributed by atoms with van der Waals surface area (Å²) in [6.45, 7) is 1.62. The highest BCUT2D eigenvalue weighted by atomic mass is 19.2. The van der Waals surface area contributed by atoms with E-state index in [0.717, 1.165) is 0 Å². The number of aromatic nitrogens is 2. The van der Waals surface area contributed by atoms with Crippen LogP contribution in [0.1, 0.15) is 5.69 Å². The second-order valence-electron chi connectivity index (χ2n) is 2.89. The maximum absolute atomic E-state index is 13.1. The Labute approximate surface area is 82.6 Å². The third-order valence-corrected chi connectivity index (χ3v) is 1.74. The van der Waals surface area contributed by atoms with Crippen LogP contribution in [0.3, 0.4) is 0 Å². The Bertz CT molecular complexity index is 510. The molecule has 0 saturated heterocycles. The van der Waals surface area contributed by atoms with Crippen molar-refractivity contribution >= 4 is 0 Å². The van der Waals surface area contributed by atoms with Gasteiger partial charge in [0, 0.05) is 0 Å². The number of halogens is 3. The predicted molar refractivity (Wildman–Crippen MR) is 44.3 cm³/mol. The Balaban J connectivity index is 2.58. The van der Waals surface area contributed by atoms with Crippen LogP contribution < -0.4 is 0 Å². The summed E-state index contributed by atoms with van der Waals surface area (Å²) in [6.07, 6.45) is 1.27. The van der Waals surface area contributed by atoms with Gasteiger partial charge in [-0.2, -0.15) is 13.8 Å². The van der Waals surface area contributed by atoms with Crippen LogP contribution in [-0.4, -0.2) is 9.97 Å². The van der Waals surface area contributed by atoms with E-state index in [9.17, 15) is 13.2 Å². The molecule has 0 aliphatic carbocycles. The van der Waals surface area contributed by atoms with E-state index in [1.54, 1.807) is 6.92 Å². The van der Waals surface area contributed by atoms with Crippen molar-refractivity contribution in [2.45, 2.75) is 6.92 Å². The summed E-state index contributed by atoms with van der Waals surface area (Å²) < 4.78 is 43.2. The molecule has 3 nitrogen and oxygen atoms in total. The van der Waals surface area contributed by atoms with Crippen molar-refractivity contribution in [3.63, 3.8) is 0 Å². The number of hydrogen-bond acceptors (Lipinski definition) is 3. The maximum Gasteiger partial charge on any atom is 0.251 e. The van der Waals surface area contributed by atoms with Crippen LogP contribution in [-0.2, 0) is 0 Å². The molecule has 2 heterocycles. The fourth-order valence-electron chi connectivity index (χ4n) is 1.07. The molecule has 2 aromatic heterocycles. The highest BCUT2D eigenvalue weighted by Crippen LogP contribution is 2.22. The van der Waals surface area contributed by atoms with Crippen molar-refractivity contribution in [1.82, 2.24) is 9.97 Å². The zero-order chi connectivity index (χ0) is 11.0. The number of hydrogen-bond donors (Lipinski definition) is 0. The van der Waals surface area contributed by atoms with E-state index in [0.29, 0.717) is 11.8 Å². The molecule has 0 bridgehead atoms. The van der Waals surface area contributed by atoms with Crippen molar-refractivity contribution in [1.29, 1.82) is 0 Å². The summed E-state index contributed by atoms with van der Waals surface area (Å²) >= 11 is 0. The van der Waals surface area contributed by atoms with Crippen LogP contribution >= 0.6 is 0 Å². The summed E-state index contributed by atoms with van der Waals surface area (Å²) in [5, 5.41) is 0. The van der Waals surface area contributed by atoms with Gasteiger partial charge in [-0.05, 0) is 13.0 Å². The van der Waals surface area contributed by atoms with Crippen LogP contribution in [0.5, 0.6) is 0 Å². The molecule has 0 atom stereocenters. The topological polar surface area (TPSA) is 38.9 Å². The minimum atomic E-state index is -1.49. The van der Waals surface area contributed by atoms with Gasteiger partial charge in [-0.3, -0.25) is 0 Å². The first-order chi connectivity index (χ1) is 7.08. The van der Waals surface area contributed by atoms with Crippen molar-refractivity contribution in [2.75, 3.05) is 0 Å². The lowest BCUT2D eigenvalue weighted by molar-refractivity contribution is 0.446. The van der Waals surface area contributed by atoms with Crippen molar-refractivity contribution < 1.29 is 17.6 Å². The van der Waals surface area contributed by atoms with Gasteiger partial charge in [-0.1, -0.05) is 0 Å². The molecular formula is C9H5F3N2O. The van der Waals surface area contributed by atoms with Gasteiger partial charge in [-0.15, -0.1) is 0 Å². The van der Waals surface area contributed by atoms with Crippen LogP contribution in [0.25, 0.3) is 11.5 Å². The molecule has 0 N–H and O–H groups in total. The number of nitrogens with zero attached hydrogens (tertiary/aromatic N) is 2. The first-order valence-electron chi connectivity index (χ1n) is 4.02. The largest absolute Gasteiger partial charge is 0.444 e. The molecule has 15 heavy (non-hydrogen) atoms. The Morgan fingerprint density at radius 2 is 1.87 bits per heavy atom. The molecule has 0 amide bonds. The van der Waals surface area contributed by atoms with Gasteiger partial charge in [0.2, 0.25) is 11.8 Å². The van der Waals surface area contributed by atoms with Gasteiger partial charge in [0.15, 0.2) is 5.82 Å². The molecule has 0 aromatic carbocycles. The first-order valence-corrected chi connectivity index (χ1v) is 4.02. The number of aryl methyl sites for hydroxylation is 1. The highest BCUT2D eigenvalue weighted by molar-refractivity contribution is 5.52. The Kier molecular flexibility index (Phi) is 2.18. The summed E-state index contributed by atoms with van der Waals surface area (Å²) in [7, 11) is 0. The van der Waals surface area contributed by atoms with Crippen molar-refractivity contribution in [2.24, 2.45) is 0 Å². The van der Waals surface area contributed by atoms with Gasteiger partial charge in [0.05, 0.1) is 11.3 Å². The summed E-state index contributed by atoms with van der Waals surface area (Å²) in [4.78, 5) is 6.53. The lowest BCUT2D eigenvalue weighted by atomic mass is 10.2. The Morgan fingerprint density at radius 1 is 1.13 bits per heavy atom. The Hall–Kier alpha value is -1.85. The molecule has 0 aliphatic rings. The smallest absolute Gasteiger partial charge is 0.251 e. The van der Waals surface area contributed by atoms with E-state index < -0.39 is 17.7 Å². The van der Waals surface area contributed by atoms with Gasteiger partial charge >= 0.3 is 0 Å². The Morgan fingerprint density at radius 3 is 2.47 bits per heavy atom. The standard InChI is InChI=1S/C9H5F3N2O/c1-4-3-15-9(13-4)5-2-6(10)8(12)14-7(5)11/h2-3H,1H3. The SMILES string of the molecule is Cc1coc(-c2cc(F)c(F)nc2F)n1. The molecule has 2 rings (SSSR count). The monoisotopic (exact) mass is 214 g/mol. The van der Waals surface area contributed by atoms with Crippen LogP contribution in [0.4, 0.5) is 13.2 Å². The van der Waals surface area contributed by atoms with E-state index in [1.165, 1.54) is 6.26 Å². The van der Waals surface area contributed by atoms with Crippen LogP contribution in [0.15, 0.2) is 16.7 Å². The number of rotatable bonds is 1. The third-order valence-electron chi connectivity index (χ3n) is 1.74. The van der Waals surface area contributed by atoms with Gasteiger partial charge in [0.1, 0.15) is 6.26 Å². The quantitative estimate of drug-likeness (QED) is 0.684. The van der Waals surface area contributed by atoms with Gasteiger partial charge in [0.25, 0.3) is 5.95 Å². The molecule has 0 aliphatic heterocycles. The van der Waals surface area contributed by atoms with Crippen molar-refractivity contribution in [3.05, 3.63) is 35.7 Å². The molecule has 78 valence electrons. The second kappa shape index (κ2) is 3.38. The average molecular weight is 214 g/mol. The van der Waals surface area contributed by atoms with E-state index in [-0.39, 0.29) is 11.5 Å². The van der Waals surface area contributed by atoms with Gasteiger partial charge in [-0.25, -0.2) is 9.37 Å². The van der Waals surface area contributed by atoms with Crippen molar-refractivity contribution in [3.8, 4) is 11.5 Å². The maximum atomic E-state index is 13.1. The summed E-state index contributed by atoms with van der Waals surface area (Å²) in [5.41, 5.74) is 0.205. The fourth-order valence-corrected chi connectivity index (χ4v) is 1.07. The molecule has 0 saturated carbocycles. The van der Waals surface area contributed by atoms with Gasteiger partial charge < -0.3 is 4.42 Å². The van der Waals surface area contributed by atoms with E-state index in [4.69, 9.17) is 4.42 Å². The zero-order valence-electron chi connectivity index (χ0n) is 7.59. The molecule has 0 spiro atoms. The molecule has 0 radical (unpaired) electrons. The molecule has 2 aromatic rings. The number of oxazole rings is 1. The molecule has 6 heteroatoms. The lowest BCUT2D eigenvalue weighted by Crippen LogP contribution is -1.97. The van der Waals surface area contributed by atoms with E-state index in [1.807, 2.05) is 0 Å². The second-order valence-corrected chi connectivity index (χ2v) is 2.89. The van der Waals surface area contributed by atoms with E-state index >= 15 is 0 Å². The summed E-state index contributed by atoms with van der Waals surface area (Å²) in [6, 6.07) is 0.656. The molecule has 0 fully saturated rings. The summed E-state index contributed by atoms with van der Waals surface area (Å²) in [5.74, 6) is -4.02. The normalized spacial score (nSPS) is 10.7. The zero-order valence-corrected chi connectivity index (χ0v) is 7.59. The highest BCUT2D eigenvalue weighted by Gasteiger charge is 2.16. The molecule has 0 unspecified atom stereocenters. The minimum Gasteiger partial charge on any atom is -0.444 e. The molecular weight excluding hydrogens is 209 g/mol. The fraction of sp³-hybridized carbons (Fsp3) is 0.111. The van der Waals surface area contributed by atoms with Crippen LogP contribution in [0.2, 0.25) is 0 Å².